The molecule has 4 aliphatic rings. The van der Waals surface area contributed by atoms with Crippen LogP contribution in [0.5, 0.6) is 0 Å². The van der Waals surface area contributed by atoms with Crippen LogP contribution in [0.3, 0.4) is 0 Å². The summed E-state index contributed by atoms with van der Waals surface area (Å²) in [7, 11) is 1.63. The Hall–Kier alpha value is -3.33. The zero-order valence-corrected chi connectivity index (χ0v) is 39.7. The Balaban J connectivity index is 1.68. The zero-order valence-electron chi connectivity index (χ0n) is 39.7. The molecule has 2 saturated heterocycles. The Kier molecular flexibility index (Phi) is 21.3. The molecule has 1 aliphatic carbocycles. The zero-order chi connectivity index (χ0) is 47.2. The Bertz CT molecular complexity index is 1700. The van der Waals surface area contributed by atoms with Crippen molar-refractivity contribution in [1.82, 2.24) is 4.90 Å². The Morgan fingerprint density at radius 3 is 2.28 bits per heavy atom. The Morgan fingerprint density at radius 2 is 1.59 bits per heavy atom. The highest BCUT2D eigenvalue weighted by Gasteiger charge is 2.44. The second kappa shape index (κ2) is 25.5. The maximum absolute atomic E-state index is 14.3. The number of ether oxygens (including phenoxy) is 3. The monoisotopic (exact) mass is 898 g/mol. The number of allylic oxidation sites excluding steroid dienone is 6. The van der Waals surface area contributed by atoms with Gasteiger partial charge in [0.25, 0.3) is 5.91 Å². The molecule has 0 aromatic carbocycles. The molecule has 0 radical (unpaired) electrons. The highest BCUT2D eigenvalue weighted by molar-refractivity contribution is 6.38. The number of esters is 1. The predicted octanol–water partition coefficient (Wildman–Crippen LogP) is 6.05. The van der Waals surface area contributed by atoms with Crippen molar-refractivity contribution in [2.24, 2.45) is 47.3 Å². The molecule has 0 aromatic heterocycles. The molecule has 15 atom stereocenters. The number of piperidine rings is 1. The molecule has 0 aromatic rings. The van der Waals surface area contributed by atoms with Gasteiger partial charge in [0.05, 0.1) is 36.9 Å². The van der Waals surface area contributed by atoms with Crippen molar-refractivity contribution in [2.75, 3.05) is 26.9 Å². The van der Waals surface area contributed by atoms with Crippen molar-refractivity contribution >= 4 is 29.2 Å². The number of fused-ring (bicyclic) bond motifs is 3. The van der Waals surface area contributed by atoms with E-state index in [9.17, 15) is 44.4 Å². The molecule has 4 rings (SSSR count). The largest absolute Gasteiger partial charge is 0.460 e. The van der Waals surface area contributed by atoms with Crippen LogP contribution < -0.4 is 0 Å². The fraction of sp³-hybridized carbons (Fsp3) is 0.745. The van der Waals surface area contributed by atoms with E-state index in [1.165, 1.54) is 4.90 Å². The van der Waals surface area contributed by atoms with Gasteiger partial charge < -0.3 is 39.5 Å². The van der Waals surface area contributed by atoms with E-state index in [1.807, 2.05) is 58.1 Å². The average molecular weight is 898 g/mol. The molecule has 4 N–H and O–H groups in total. The number of hydrogen-bond acceptors (Lipinski definition) is 12. The maximum atomic E-state index is 14.3. The standard InChI is InChI=1S/C51H79NO12/c1-30-14-10-9-11-15-31(2)44(62-8)26-39-19-17-32(3)49(63-39)48(59)50(60)52-21-13-12-16-41(52)51(61)64-45(34(5)24-37-18-20-42(55)38(25-37)28-53)27-43(56)33(4)23-36(7)47(58)40(29-54)46(57)35(6)22-30/h9-11,14-15,23,30,32-35,37-42,44-45,47,49,53-55,58H,12-13,16-22,24-29H2,1-8H3/b11-9+,14-10+,31-15+,36-23+/t30-,32-,33-,34-,35-,37+,38+,39+,40+,41+,42-,44+,45+,47-,49-/m1/s1. The second-order valence-electron chi connectivity index (χ2n) is 19.7. The van der Waals surface area contributed by atoms with Crippen molar-refractivity contribution < 1.29 is 58.6 Å². The van der Waals surface area contributed by atoms with Gasteiger partial charge in [0.1, 0.15) is 29.8 Å². The summed E-state index contributed by atoms with van der Waals surface area (Å²) in [6.07, 6.45) is 12.9. The number of ketones is 3. The minimum Gasteiger partial charge on any atom is -0.460 e. The molecule has 360 valence electrons. The van der Waals surface area contributed by atoms with Crippen LogP contribution in [-0.2, 0) is 38.2 Å². The third-order valence-corrected chi connectivity index (χ3v) is 14.5. The van der Waals surface area contributed by atoms with Crippen molar-refractivity contribution in [2.45, 2.75) is 168 Å². The normalized spacial score (nSPS) is 39.7. The lowest BCUT2D eigenvalue weighted by Gasteiger charge is -2.39. The van der Waals surface area contributed by atoms with Gasteiger partial charge in [-0.3, -0.25) is 19.2 Å². The number of rotatable bonds is 6. The summed E-state index contributed by atoms with van der Waals surface area (Å²) in [5, 5.41) is 42.1. The van der Waals surface area contributed by atoms with E-state index in [1.54, 1.807) is 34.0 Å². The number of carbonyl (C=O) groups excluding carboxylic acids is 5. The lowest BCUT2D eigenvalue weighted by molar-refractivity contribution is -0.170. The highest BCUT2D eigenvalue weighted by Crippen LogP contribution is 2.36. The van der Waals surface area contributed by atoms with Crippen LogP contribution in [0.4, 0.5) is 0 Å². The summed E-state index contributed by atoms with van der Waals surface area (Å²) in [6, 6.07) is -1.04. The van der Waals surface area contributed by atoms with E-state index in [-0.39, 0.29) is 72.9 Å². The number of methoxy groups -OCH3 is 1. The molecule has 64 heavy (non-hydrogen) atoms. The van der Waals surface area contributed by atoms with Gasteiger partial charge in [-0.05, 0) is 113 Å². The van der Waals surface area contributed by atoms with Gasteiger partial charge in [-0.15, -0.1) is 0 Å². The fourth-order valence-corrected chi connectivity index (χ4v) is 10.3. The van der Waals surface area contributed by atoms with Crippen molar-refractivity contribution in [1.29, 1.82) is 0 Å². The molecule has 3 aliphatic heterocycles. The van der Waals surface area contributed by atoms with Gasteiger partial charge in [0, 0.05) is 50.9 Å². The number of carbonyl (C=O) groups is 5. The van der Waals surface area contributed by atoms with Crippen molar-refractivity contribution in [3.8, 4) is 0 Å². The predicted molar refractivity (Wildman–Crippen MR) is 244 cm³/mol. The number of hydrogen-bond donors (Lipinski definition) is 4. The topological polar surface area (TPSA) is 197 Å². The van der Waals surface area contributed by atoms with Gasteiger partial charge in [0.15, 0.2) is 0 Å². The van der Waals surface area contributed by atoms with E-state index in [2.05, 4.69) is 0 Å². The maximum Gasteiger partial charge on any atom is 0.329 e. The molecular formula is C51H79NO12. The van der Waals surface area contributed by atoms with Crippen LogP contribution in [0.1, 0.15) is 126 Å². The van der Waals surface area contributed by atoms with Gasteiger partial charge >= 0.3 is 5.97 Å². The molecule has 13 nitrogen and oxygen atoms in total. The number of aliphatic hydroxyl groups excluding tert-OH is 4. The van der Waals surface area contributed by atoms with Gasteiger partial charge in [-0.1, -0.05) is 71.1 Å². The van der Waals surface area contributed by atoms with Crippen molar-refractivity contribution in [3.05, 3.63) is 47.6 Å². The highest BCUT2D eigenvalue weighted by atomic mass is 16.5. The summed E-state index contributed by atoms with van der Waals surface area (Å²) < 4.78 is 18.5. The van der Waals surface area contributed by atoms with E-state index in [0.717, 1.165) is 5.57 Å². The first-order chi connectivity index (χ1) is 30.4. The van der Waals surface area contributed by atoms with E-state index in [4.69, 9.17) is 14.2 Å². The first-order valence-corrected chi connectivity index (χ1v) is 24.0. The smallest absolute Gasteiger partial charge is 0.329 e. The first kappa shape index (κ1) is 53.3. The van der Waals surface area contributed by atoms with Crippen LogP contribution >= 0.6 is 0 Å². The number of amides is 1. The Labute approximate surface area is 381 Å². The summed E-state index contributed by atoms with van der Waals surface area (Å²) in [5.74, 6) is -5.72. The summed E-state index contributed by atoms with van der Waals surface area (Å²) in [4.78, 5) is 71.6. The average Bonchev–Trinajstić information content (AvgIpc) is 3.27. The van der Waals surface area contributed by atoms with Crippen LogP contribution in [0, 0.1) is 47.3 Å². The molecule has 13 heteroatoms. The molecule has 3 heterocycles. The molecule has 1 saturated carbocycles. The molecule has 1 amide bonds. The van der Waals surface area contributed by atoms with E-state index in [0.29, 0.717) is 76.2 Å². The van der Waals surface area contributed by atoms with Crippen LogP contribution in [-0.4, -0.2) is 124 Å². The molecule has 0 unspecified atom stereocenters. The molecule has 0 spiro atoms. The lowest BCUT2D eigenvalue weighted by atomic mass is 9.75. The third kappa shape index (κ3) is 14.6. The third-order valence-electron chi connectivity index (χ3n) is 14.5. The summed E-state index contributed by atoms with van der Waals surface area (Å²) >= 11 is 0. The number of cyclic esters (lactones) is 1. The van der Waals surface area contributed by atoms with Crippen molar-refractivity contribution in [3.63, 3.8) is 0 Å². The van der Waals surface area contributed by atoms with E-state index < -0.39 is 72.5 Å². The second-order valence-corrected chi connectivity index (χ2v) is 19.7. The lowest BCUT2D eigenvalue weighted by Crippen LogP contribution is -2.55. The summed E-state index contributed by atoms with van der Waals surface area (Å²) in [5.41, 5.74) is 1.32. The number of aliphatic hydroxyl groups is 4. The SMILES string of the molecule is CO[C@H]1C[C@@H]2CC[C@@H](C)[C@@H](O2)C(=O)C(=O)N2CCCC[C@H]2C(=O)O[C@H]([C@H](C)C[C@@H]2CC[C@@H](O)[C@H](CO)C2)CC(=O)[C@H](C)/C=C(\C)[C@@H](O)[C@@H](CO)C(=O)[C@H](C)C[C@H](C)/C=C/C=C/C=C/1C. The Morgan fingerprint density at radius 1 is 0.859 bits per heavy atom. The minimum absolute atomic E-state index is 0.0154. The van der Waals surface area contributed by atoms with Crippen LogP contribution in [0.15, 0.2) is 47.6 Å². The molecule has 3 fully saturated rings. The molecule has 2 bridgehead atoms. The van der Waals surface area contributed by atoms with Crippen LogP contribution in [0.2, 0.25) is 0 Å². The van der Waals surface area contributed by atoms with E-state index >= 15 is 0 Å². The number of nitrogens with zero attached hydrogens (tertiary/aromatic N) is 1. The van der Waals surface area contributed by atoms with Gasteiger partial charge in [-0.2, -0.15) is 0 Å². The quantitative estimate of drug-likeness (QED) is 0.137. The fourth-order valence-electron chi connectivity index (χ4n) is 10.3. The summed E-state index contributed by atoms with van der Waals surface area (Å²) in [6.45, 7) is 12.4. The first-order valence-electron chi connectivity index (χ1n) is 24.0. The molecular weight excluding hydrogens is 819 g/mol. The van der Waals surface area contributed by atoms with Crippen LogP contribution in [0.25, 0.3) is 0 Å². The van der Waals surface area contributed by atoms with Gasteiger partial charge in [-0.25, -0.2) is 4.79 Å². The number of Topliss-reactive ketones (excluding diaryl/α,β-unsaturated/α-hetero) is 3. The van der Waals surface area contributed by atoms with Gasteiger partial charge in [0.2, 0.25) is 5.78 Å². The minimum atomic E-state index is -1.33.